The quantitative estimate of drug-likeness (QED) is 0.0789. The van der Waals surface area contributed by atoms with E-state index in [0.29, 0.717) is 0 Å². The van der Waals surface area contributed by atoms with Crippen molar-refractivity contribution in [1.82, 2.24) is 10.6 Å². The SMILES string of the molecule is COC(=O)[C@H](CS[C@@H]1C(=O)NC(=O)[C@@H]1SC[C@H](CC(=O)OC(C)(C)C)C(=O)OC)CC(=O)OC(C)(C)C.COC(=O)[C@H](CS[C@@H]1C(=O)NC(=O)[C@H]1SC[C@H](CC(=O)OC(C)(C)C)C(=O)OC)CC(=O)OC(C)(C)C. The van der Waals surface area contributed by atoms with Crippen LogP contribution in [0.3, 0.4) is 0 Å². The van der Waals surface area contributed by atoms with E-state index in [1.807, 2.05) is 0 Å². The standard InChI is InChI=1S/2C24H37NO10S2/c2*1-23(2,3)34-15(26)9-13(21(30)32-7)11-36-17-18(20(29)25-19(17)28)37-12-14(22(31)33-8)10-16(27)35-24(4,5)6/h2*13-14,17-18H,9-12H2,1-8H3,(H,25,28,29)/t13-,14-,17-,18+;13-,14-,17-,18-/m00/s1. The van der Waals surface area contributed by atoms with Gasteiger partial charge in [-0.05, 0) is 83.1 Å². The molecule has 2 heterocycles. The van der Waals surface area contributed by atoms with E-state index in [2.05, 4.69) is 10.6 Å². The van der Waals surface area contributed by atoms with Crippen LogP contribution in [0.4, 0.5) is 0 Å². The van der Waals surface area contributed by atoms with Crippen molar-refractivity contribution < 1.29 is 95.4 Å². The minimum Gasteiger partial charge on any atom is -0.469 e. The Hall–Kier alpha value is -4.56. The molecule has 26 heteroatoms. The Morgan fingerprint density at radius 1 is 0.365 bits per heavy atom. The van der Waals surface area contributed by atoms with Crippen LogP contribution in [-0.4, -0.2) is 166 Å². The van der Waals surface area contributed by atoms with Gasteiger partial charge >= 0.3 is 47.8 Å². The highest BCUT2D eigenvalue weighted by Crippen LogP contribution is 2.35. The third-order valence-electron chi connectivity index (χ3n) is 9.45. The summed E-state index contributed by atoms with van der Waals surface area (Å²) in [5, 5.41) is 0.975. The summed E-state index contributed by atoms with van der Waals surface area (Å²) < 4.78 is 40.3. The van der Waals surface area contributed by atoms with Gasteiger partial charge in [0, 0.05) is 23.0 Å². The lowest BCUT2D eigenvalue weighted by atomic mass is 10.1. The average Bonchev–Trinajstić information content (AvgIpc) is 3.69. The van der Waals surface area contributed by atoms with Gasteiger partial charge in [-0.15, -0.1) is 47.0 Å². The van der Waals surface area contributed by atoms with Gasteiger partial charge < -0.3 is 37.9 Å². The lowest BCUT2D eigenvalue weighted by Crippen LogP contribution is -2.32. The first-order valence-corrected chi connectivity index (χ1v) is 27.5. The second-order valence-corrected chi connectivity index (χ2v) is 25.5. The molecule has 420 valence electrons. The molecule has 22 nitrogen and oxygen atoms in total. The van der Waals surface area contributed by atoms with E-state index in [0.717, 1.165) is 47.0 Å². The van der Waals surface area contributed by atoms with Crippen LogP contribution in [-0.2, 0) is 95.4 Å². The van der Waals surface area contributed by atoms with Crippen LogP contribution < -0.4 is 10.6 Å². The van der Waals surface area contributed by atoms with Crippen LogP contribution in [0.25, 0.3) is 0 Å². The van der Waals surface area contributed by atoms with E-state index >= 15 is 0 Å². The molecule has 2 N–H and O–H groups in total. The molecule has 0 spiro atoms. The number of hydrogen-bond acceptors (Lipinski definition) is 24. The Labute approximate surface area is 449 Å². The van der Waals surface area contributed by atoms with Gasteiger partial charge in [0.25, 0.3) is 0 Å². The summed E-state index contributed by atoms with van der Waals surface area (Å²) in [6.45, 7) is 20.4. The molecule has 2 fully saturated rings. The molecule has 0 unspecified atom stereocenters. The first-order valence-electron chi connectivity index (χ1n) is 23.3. The van der Waals surface area contributed by atoms with Crippen LogP contribution >= 0.6 is 47.0 Å². The Morgan fingerprint density at radius 3 is 0.662 bits per heavy atom. The lowest BCUT2D eigenvalue weighted by Gasteiger charge is -2.23. The van der Waals surface area contributed by atoms with Crippen LogP contribution in [0.5, 0.6) is 0 Å². The zero-order valence-corrected chi connectivity index (χ0v) is 48.3. The molecule has 4 amide bonds. The average molecular weight is 1130 g/mol. The number of carbonyl (C=O) groups excluding carboxylic acids is 12. The minimum absolute atomic E-state index is 0.0205. The van der Waals surface area contributed by atoms with Gasteiger partial charge in [-0.1, -0.05) is 0 Å². The summed E-state index contributed by atoms with van der Waals surface area (Å²) in [6, 6.07) is 0. The maximum Gasteiger partial charge on any atom is 0.310 e. The van der Waals surface area contributed by atoms with E-state index in [1.165, 1.54) is 28.4 Å². The number of esters is 8. The van der Waals surface area contributed by atoms with Crippen molar-refractivity contribution in [3.05, 3.63) is 0 Å². The number of ether oxygens (including phenoxy) is 8. The molecular formula is C48H74N2O20S4. The predicted octanol–water partition coefficient (Wildman–Crippen LogP) is 3.78. The molecule has 0 bridgehead atoms. The normalized spacial score (nSPS) is 19.5. The van der Waals surface area contributed by atoms with Crippen molar-refractivity contribution in [3.63, 3.8) is 0 Å². The maximum atomic E-state index is 12.5. The number of methoxy groups -OCH3 is 4. The van der Waals surface area contributed by atoms with Gasteiger partial charge in [0.15, 0.2) is 0 Å². The third kappa shape index (κ3) is 25.8. The topological polar surface area (TPSA) is 303 Å². The molecular weight excluding hydrogens is 1050 g/mol. The number of carbonyl (C=O) groups is 12. The molecule has 8 atom stereocenters. The van der Waals surface area contributed by atoms with Gasteiger partial charge in [-0.25, -0.2) is 0 Å². The number of thioether (sulfide) groups is 4. The number of rotatable bonds is 24. The van der Waals surface area contributed by atoms with Crippen LogP contribution in [0, 0.1) is 23.7 Å². The molecule has 0 saturated carbocycles. The molecule has 2 aliphatic heterocycles. The second kappa shape index (κ2) is 30.3. The van der Waals surface area contributed by atoms with Crippen molar-refractivity contribution in [3.8, 4) is 0 Å². The number of hydrogen-bond donors (Lipinski definition) is 2. The van der Waals surface area contributed by atoms with Gasteiger partial charge in [-0.2, -0.15) is 0 Å². The molecule has 0 aromatic rings. The van der Waals surface area contributed by atoms with E-state index < -0.39 is 138 Å². The fourth-order valence-corrected chi connectivity index (χ4v) is 12.2. The molecule has 0 aliphatic carbocycles. The Kier molecular flexibility index (Phi) is 27.6. The Balaban J connectivity index is 0.000000740. The smallest absolute Gasteiger partial charge is 0.310 e. The van der Waals surface area contributed by atoms with E-state index in [-0.39, 0.29) is 48.7 Å². The third-order valence-corrected chi connectivity index (χ3v) is 15.6. The first kappa shape index (κ1) is 67.5. The van der Waals surface area contributed by atoms with Gasteiger partial charge in [0.05, 0.1) is 77.8 Å². The summed E-state index contributed by atoms with van der Waals surface area (Å²) in [5.74, 6) is -10.6. The van der Waals surface area contributed by atoms with Gasteiger partial charge in [0.2, 0.25) is 23.6 Å². The summed E-state index contributed by atoms with van der Waals surface area (Å²) in [6.07, 6.45) is -1.01. The molecule has 74 heavy (non-hydrogen) atoms. The summed E-state index contributed by atoms with van der Waals surface area (Å²) in [7, 11) is 4.77. The molecule has 2 aliphatic rings. The van der Waals surface area contributed by atoms with Crippen molar-refractivity contribution in [2.24, 2.45) is 23.7 Å². The van der Waals surface area contributed by atoms with E-state index in [4.69, 9.17) is 37.9 Å². The highest BCUT2D eigenvalue weighted by molar-refractivity contribution is 8.05. The molecule has 0 aromatic heterocycles. The number of amides is 4. The van der Waals surface area contributed by atoms with Crippen LogP contribution in [0.2, 0.25) is 0 Å². The molecule has 0 radical (unpaired) electrons. The molecule has 2 saturated heterocycles. The monoisotopic (exact) mass is 1130 g/mol. The van der Waals surface area contributed by atoms with Gasteiger partial charge in [0.1, 0.15) is 43.4 Å². The number of imide groups is 2. The van der Waals surface area contributed by atoms with Crippen LogP contribution in [0.1, 0.15) is 109 Å². The highest BCUT2D eigenvalue weighted by Gasteiger charge is 2.46. The Morgan fingerprint density at radius 2 is 0.527 bits per heavy atom. The second-order valence-electron chi connectivity index (χ2n) is 20.8. The first-order chi connectivity index (χ1) is 33.9. The highest BCUT2D eigenvalue weighted by atomic mass is 32.2. The van der Waals surface area contributed by atoms with Crippen molar-refractivity contribution in [1.29, 1.82) is 0 Å². The van der Waals surface area contributed by atoms with Gasteiger partial charge in [-0.3, -0.25) is 68.2 Å². The fourth-order valence-electron chi connectivity index (χ4n) is 6.45. The van der Waals surface area contributed by atoms with Crippen molar-refractivity contribution in [2.45, 2.75) is 152 Å². The predicted molar refractivity (Wildman–Crippen MR) is 275 cm³/mol. The van der Waals surface area contributed by atoms with Crippen LogP contribution in [0.15, 0.2) is 0 Å². The van der Waals surface area contributed by atoms with E-state index in [1.54, 1.807) is 83.1 Å². The summed E-state index contributed by atoms with van der Waals surface area (Å²) in [5.41, 5.74) is -2.94. The van der Waals surface area contributed by atoms with Crippen molar-refractivity contribution in [2.75, 3.05) is 51.5 Å². The zero-order valence-electron chi connectivity index (χ0n) is 45.1. The zero-order chi connectivity index (χ0) is 57.1. The number of nitrogens with one attached hydrogen (secondary N) is 2. The Bertz CT molecular complexity index is 1760. The maximum absolute atomic E-state index is 12.5. The van der Waals surface area contributed by atoms with Crippen molar-refractivity contribution >= 4 is 118 Å². The summed E-state index contributed by atoms with van der Waals surface area (Å²) in [4.78, 5) is 148. The molecule has 2 rings (SSSR count). The summed E-state index contributed by atoms with van der Waals surface area (Å²) >= 11 is 4.13. The largest absolute Gasteiger partial charge is 0.469 e. The van der Waals surface area contributed by atoms with E-state index in [9.17, 15) is 57.5 Å². The lowest BCUT2D eigenvalue weighted by molar-refractivity contribution is -0.160. The molecule has 0 aromatic carbocycles. The minimum atomic E-state index is -0.894. The fraction of sp³-hybridized carbons (Fsp3) is 0.750.